The Morgan fingerprint density at radius 3 is 2.94 bits per heavy atom. The van der Waals surface area contributed by atoms with Crippen LogP contribution in [0.1, 0.15) is 39.5 Å². The van der Waals surface area contributed by atoms with Crippen molar-refractivity contribution >= 4 is 5.97 Å². The van der Waals surface area contributed by atoms with Crippen molar-refractivity contribution in [3.05, 3.63) is 0 Å². The number of carbonyl (C=O) groups is 1. The van der Waals surface area contributed by atoms with Gasteiger partial charge in [0.1, 0.15) is 6.04 Å². The number of hydrogen-bond acceptors (Lipinski definition) is 4. The molecule has 0 aromatic rings. The molecule has 1 saturated heterocycles. The molecule has 17 heavy (non-hydrogen) atoms. The summed E-state index contributed by atoms with van der Waals surface area (Å²) in [5.74, 6) is -0.149. The predicted molar refractivity (Wildman–Crippen MR) is 69.0 cm³/mol. The van der Waals surface area contributed by atoms with Crippen molar-refractivity contribution in [1.82, 2.24) is 10.2 Å². The number of rotatable bonds is 6. The average Bonchev–Trinajstić information content (AvgIpc) is 2.31. The van der Waals surface area contributed by atoms with Gasteiger partial charge in [-0.15, -0.1) is 0 Å². The number of likely N-dealkylation sites (tertiary alicyclic amines) is 1. The second kappa shape index (κ2) is 7.67. The monoisotopic (exact) mass is 242 g/mol. The zero-order valence-electron chi connectivity index (χ0n) is 11.4. The summed E-state index contributed by atoms with van der Waals surface area (Å²) in [5, 5.41) is 3.23. The second-order valence-corrected chi connectivity index (χ2v) is 4.85. The summed E-state index contributed by atoms with van der Waals surface area (Å²) in [4.78, 5) is 13.8. The Hall–Kier alpha value is -0.610. The maximum atomic E-state index is 11.4. The second-order valence-electron chi connectivity index (χ2n) is 4.85. The van der Waals surface area contributed by atoms with Crippen molar-refractivity contribution < 1.29 is 9.53 Å². The number of esters is 1. The SMILES string of the molecule is CCOC(=O)C(C)NCCC1CCCCN1C. The third kappa shape index (κ3) is 5.04. The fraction of sp³-hybridized carbons (Fsp3) is 0.923. The first-order valence-electron chi connectivity index (χ1n) is 6.75. The molecule has 0 bridgehead atoms. The van der Waals surface area contributed by atoms with E-state index in [-0.39, 0.29) is 12.0 Å². The van der Waals surface area contributed by atoms with Gasteiger partial charge in [-0.25, -0.2) is 0 Å². The molecule has 0 amide bonds. The average molecular weight is 242 g/mol. The molecule has 1 aliphatic rings. The molecular formula is C13H26N2O2. The summed E-state index contributed by atoms with van der Waals surface area (Å²) in [5.41, 5.74) is 0. The van der Waals surface area contributed by atoms with Gasteiger partial charge < -0.3 is 15.0 Å². The highest BCUT2D eigenvalue weighted by molar-refractivity contribution is 5.75. The molecule has 0 aromatic heterocycles. The van der Waals surface area contributed by atoms with Gasteiger partial charge in [-0.1, -0.05) is 6.42 Å². The molecule has 0 aliphatic carbocycles. The lowest BCUT2D eigenvalue weighted by atomic mass is 10.00. The van der Waals surface area contributed by atoms with Gasteiger partial charge in [0.2, 0.25) is 0 Å². The van der Waals surface area contributed by atoms with Gasteiger partial charge in [-0.05, 0) is 53.2 Å². The molecule has 2 unspecified atom stereocenters. The number of nitrogens with zero attached hydrogens (tertiary/aromatic N) is 1. The summed E-state index contributed by atoms with van der Waals surface area (Å²) in [6.45, 7) is 6.24. The van der Waals surface area contributed by atoms with Crippen molar-refractivity contribution in [2.45, 2.75) is 51.6 Å². The van der Waals surface area contributed by atoms with Gasteiger partial charge in [0, 0.05) is 6.04 Å². The molecule has 1 fully saturated rings. The van der Waals surface area contributed by atoms with Gasteiger partial charge in [0.25, 0.3) is 0 Å². The van der Waals surface area contributed by atoms with Crippen molar-refractivity contribution in [3.63, 3.8) is 0 Å². The first kappa shape index (κ1) is 14.5. The Balaban J connectivity index is 2.15. The van der Waals surface area contributed by atoms with Crippen LogP contribution in [-0.2, 0) is 9.53 Å². The van der Waals surface area contributed by atoms with Crippen LogP contribution in [0, 0.1) is 0 Å². The van der Waals surface area contributed by atoms with Crippen LogP contribution in [0.15, 0.2) is 0 Å². The van der Waals surface area contributed by atoms with E-state index < -0.39 is 0 Å². The Morgan fingerprint density at radius 2 is 2.29 bits per heavy atom. The third-order valence-corrected chi connectivity index (χ3v) is 3.49. The first-order chi connectivity index (χ1) is 8.15. The topological polar surface area (TPSA) is 41.6 Å². The standard InChI is InChI=1S/C13H26N2O2/c1-4-17-13(16)11(2)14-9-8-12-7-5-6-10-15(12)3/h11-12,14H,4-10H2,1-3H3. The summed E-state index contributed by atoms with van der Waals surface area (Å²) in [6, 6.07) is 0.481. The van der Waals surface area contributed by atoms with E-state index in [4.69, 9.17) is 4.74 Å². The highest BCUT2D eigenvalue weighted by atomic mass is 16.5. The van der Waals surface area contributed by atoms with E-state index in [1.807, 2.05) is 13.8 Å². The molecule has 1 heterocycles. The van der Waals surface area contributed by atoms with Crippen molar-refractivity contribution in [2.75, 3.05) is 26.7 Å². The Labute approximate surface area is 105 Å². The van der Waals surface area contributed by atoms with E-state index >= 15 is 0 Å². The third-order valence-electron chi connectivity index (χ3n) is 3.49. The van der Waals surface area contributed by atoms with Crippen molar-refractivity contribution in [1.29, 1.82) is 0 Å². The molecule has 100 valence electrons. The van der Waals surface area contributed by atoms with Crippen LogP contribution >= 0.6 is 0 Å². The zero-order valence-corrected chi connectivity index (χ0v) is 11.4. The summed E-state index contributed by atoms with van der Waals surface area (Å²) in [6.07, 6.45) is 5.05. The largest absolute Gasteiger partial charge is 0.465 e. The van der Waals surface area contributed by atoms with Crippen LogP contribution in [0.5, 0.6) is 0 Å². The number of piperidine rings is 1. The fourth-order valence-electron chi connectivity index (χ4n) is 2.33. The minimum absolute atomic E-state index is 0.149. The van der Waals surface area contributed by atoms with E-state index in [2.05, 4.69) is 17.3 Å². The zero-order chi connectivity index (χ0) is 12.7. The predicted octanol–water partition coefficient (Wildman–Crippen LogP) is 1.40. The molecule has 2 atom stereocenters. The van der Waals surface area contributed by atoms with Gasteiger partial charge in [-0.3, -0.25) is 4.79 Å². The summed E-state index contributed by atoms with van der Waals surface area (Å²) < 4.78 is 4.96. The van der Waals surface area contributed by atoms with Crippen LogP contribution in [0.25, 0.3) is 0 Å². The Kier molecular flexibility index (Phi) is 6.52. The number of nitrogens with one attached hydrogen (secondary N) is 1. The Bertz CT molecular complexity index is 233. The molecule has 4 nitrogen and oxygen atoms in total. The highest BCUT2D eigenvalue weighted by Crippen LogP contribution is 2.17. The van der Waals surface area contributed by atoms with Crippen LogP contribution in [0.3, 0.4) is 0 Å². The number of hydrogen-bond donors (Lipinski definition) is 1. The van der Waals surface area contributed by atoms with Crippen LogP contribution < -0.4 is 5.32 Å². The minimum Gasteiger partial charge on any atom is -0.465 e. The van der Waals surface area contributed by atoms with E-state index in [1.165, 1.54) is 25.8 Å². The van der Waals surface area contributed by atoms with Gasteiger partial charge in [-0.2, -0.15) is 0 Å². The highest BCUT2D eigenvalue weighted by Gasteiger charge is 2.19. The minimum atomic E-state index is -0.191. The van der Waals surface area contributed by atoms with E-state index in [0.717, 1.165) is 13.0 Å². The maximum Gasteiger partial charge on any atom is 0.322 e. The molecule has 0 aromatic carbocycles. The summed E-state index contributed by atoms with van der Waals surface area (Å²) >= 11 is 0. The lowest BCUT2D eigenvalue weighted by Crippen LogP contribution is -2.41. The van der Waals surface area contributed by atoms with E-state index in [0.29, 0.717) is 12.6 Å². The van der Waals surface area contributed by atoms with Gasteiger partial charge in [0.05, 0.1) is 6.61 Å². The Morgan fingerprint density at radius 1 is 1.53 bits per heavy atom. The molecule has 1 N–H and O–H groups in total. The first-order valence-corrected chi connectivity index (χ1v) is 6.75. The maximum absolute atomic E-state index is 11.4. The molecule has 1 aliphatic heterocycles. The van der Waals surface area contributed by atoms with Crippen LogP contribution in [0.2, 0.25) is 0 Å². The number of carbonyl (C=O) groups excluding carboxylic acids is 1. The quantitative estimate of drug-likeness (QED) is 0.715. The van der Waals surface area contributed by atoms with Crippen LogP contribution in [-0.4, -0.2) is 49.7 Å². The van der Waals surface area contributed by atoms with Gasteiger partial charge >= 0.3 is 5.97 Å². The fourth-order valence-corrected chi connectivity index (χ4v) is 2.33. The normalized spacial score (nSPS) is 23.4. The molecule has 0 radical (unpaired) electrons. The van der Waals surface area contributed by atoms with Crippen molar-refractivity contribution in [3.8, 4) is 0 Å². The van der Waals surface area contributed by atoms with Crippen molar-refractivity contribution in [2.24, 2.45) is 0 Å². The lowest BCUT2D eigenvalue weighted by molar-refractivity contribution is -0.145. The van der Waals surface area contributed by atoms with Crippen LogP contribution in [0.4, 0.5) is 0 Å². The smallest absolute Gasteiger partial charge is 0.322 e. The summed E-state index contributed by atoms with van der Waals surface area (Å²) in [7, 11) is 2.19. The molecule has 4 heteroatoms. The number of ether oxygens (including phenoxy) is 1. The molecular weight excluding hydrogens is 216 g/mol. The lowest BCUT2D eigenvalue weighted by Gasteiger charge is -2.32. The van der Waals surface area contributed by atoms with E-state index in [1.54, 1.807) is 0 Å². The molecule has 0 saturated carbocycles. The molecule has 1 rings (SSSR count). The molecule has 0 spiro atoms. The van der Waals surface area contributed by atoms with E-state index in [9.17, 15) is 4.79 Å². The van der Waals surface area contributed by atoms with Gasteiger partial charge in [0.15, 0.2) is 0 Å².